The summed E-state index contributed by atoms with van der Waals surface area (Å²) in [7, 11) is 1.59. The molecule has 1 aliphatic rings. The van der Waals surface area contributed by atoms with Crippen molar-refractivity contribution in [1.82, 2.24) is 10.2 Å². The van der Waals surface area contributed by atoms with Gasteiger partial charge in [0.1, 0.15) is 6.04 Å². The highest BCUT2D eigenvalue weighted by molar-refractivity contribution is 9.10. The third-order valence-corrected chi connectivity index (χ3v) is 4.00. The van der Waals surface area contributed by atoms with Crippen LogP contribution in [0.2, 0.25) is 0 Å². The molecule has 1 heterocycles. The fourth-order valence-corrected chi connectivity index (χ4v) is 2.65. The van der Waals surface area contributed by atoms with E-state index in [1.54, 1.807) is 30.1 Å². The van der Waals surface area contributed by atoms with Gasteiger partial charge >= 0.3 is 0 Å². The van der Waals surface area contributed by atoms with Crippen LogP contribution in [-0.2, 0) is 4.79 Å². The molecule has 6 heteroatoms. The Kier molecular flexibility index (Phi) is 4.09. The van der Waals surface area contributed by atoms with Crippen molar-refractivity contribution in [2.24, 2.45) is 0 Å². The lowest BCUT2D eigenvalue weighted by Gasteiger charge is -2.23. The van der Waals surface area contributed by atoms with Crippen molar-refractivity contribution in [1.29, 1.82) is 0 Å². The fourth-order valence-electron chi connectivity index (χ4n) is 2.27. The first-order chi connectivity index (χ1) is 9.04. The van der Waals surface area contributed by atoms with Crippen molar-refractivity contribution in [2.75, 3.05) is 19.3 Å². The van der Waals surface area contributed by atoms with Gasteiger partial charge in [-0.15, -0.1) is 0 Å². The number of hydrogen-bond acceptors (Lipinski definition) is 3. The fraction of sp³-hybridized carbons (Fsp3) is 0.385. The van der Waals surface area contributed by atoms with E-state index in [9.17, 15) is 9.59 Å². The number of halogens is 1. The Balaban J connectivity index is 2.23. The maximum atomic E-state index is 12.4. The van der Waals surface area contributed by atoms with Crippen LogP contribution in [0.25, 0.3) is 0 Å². The van der Waals surface area contributed by atoms with Crippen LogP contribution in [0.15, 0.2) is 22.7 Å². The number of carbonyl (C=O) groups is 2. The van der Waals surface area contributed by atoms with E-state index < -0.39 is 0 Å². The Labute approximate surface area is 120 Å². The highest BCUT2D eigenvalue weighted by Crippen LogP contribution is 2.24. The Morgan fingerprint density at radius 3 is 2.84 bits per heavy atom. The van der Waals surface area contributed by atoms with E-state index in [4.69, 9.17) is 5.73 Å². The molecule has 0 spiro atoms. The molecule has 1 fully saturated rings. The Hall–Kier alpha value is -1.56. The molecule has 0 radical (unpaired) electrons. The van der Waals surface area contributed by atoms with Gasteiger partial charge in [0, 0.05) is 29.3 Å². The minimum atomic E-state index is -0.367. The second-order valence-electron chi connectivity index (χ2n) is 4.51. The van der Waals surface area contributed by atoms with Gasteiger partial charge in [0.15, 0.2) is 0 Å². The highest BCUT2D eigenvalue weighted by atomic mass is 79.9. The third-order valence-electron chi connectivity index (χ3n) is 3.31. The number of nitrogens with two attached hydrogens (primary N) is 1. The van der Waals surface area contributed by atoms with Crippen molar-refractivity contribution in [2.45, 2.75) is 18.9 Å². The normalized spacial score (nSPS) is 18.4. The molecule has 19 heavy (non-hydrogen) atoms. The molecule has 1 aromatic rings. The smallest absolute Gasteiger partial charge is 0.254 e. The zero-order valence-electron chi connectivity index (χ0n) is 10.6. The predicted molar refractivity (Wildman–Crippen MR) is 76.7 cm³/mol. The number of nitrogen functional groups attached to an aromatic ring is 1. The van der Waals surface area contributed by atoms with Gasteiger partial charge in [0.2, 0.25) is 5.91 Å². The summed E-state index contributed by atoms with van der Waals surface area (Å²) in [6, 6.07) is 4.69. The Morgan fingerprint density at radius 1 is 1.47 bits per heavy atom. The predicted octanol–water partition coefficient (Wildman–Crippen LogP) is 1.38. The van der Waals surface area contributed by atoms with E-state index in [-0.39, 0.29) is 17.9 Å². The van der Waals surface area contributed by atoms with Crippen LogP contribution in [0.5, 0.6) is 0 Å². The molecule has 1 atom stereocenters. The van der Waals surface area contributed by atoms with Gasteiger partial charge in [0.05, 0.1) is 0 Å². The topological polar surface area (TPSA) is 75.4 Å². The van der Waals surface area contributed by atoms with Crippen molar-refractivity contribution in [3.05, 3.63) is 28.2 Å². The van der Waals surface area contributed by atoms with Crippen LogP contribution in [0, 0.1) is 0 Å². The first-order valence-corrected chi connectivity index (χ1v) is 6.91. The second-order valence-corrected chi connectivity index (χ2v) is 5.36. The highest BCUT2D eigenvalue weighted by Gasteiger charge is 2.33. The lowest BCUT2D eigenvalue weighted by Crippen LogP contribution is -2.44. The zero-order chi connectivity index (χ0) is 14.0. The molecule has 1 aromatic carbocycles. The molecule has 1 aliphatic heterocycles. The van der Waals surface area contributed by atoms with Gasteiger partial charge in [-0.2, -0.15) is 0 Å². The van der Waals surface area contributed by atoms with Gasteiger partial charge in [-0.05, 0) is 47.0 Å². The molecule has 1 saturated heterocycles. The number of anilines is 1. The maximum absolute atomic E-state index is 12.4. The van der Waals surface area contributed by atoms with E-state index in [1.165, 1.54) is 0 Å². The number of amides is 2. The van der Waals surface area contributed by atoms with Crippen LogP contribution >= 0.6 is 15.9 Å². The molecular formula is C13H16BrN3O2. The summed E-state index contributed by atoms with van der Waals surface area (Å²) in [5.41, 5.74) is 6.83. The molecule has 2 rings (SSSR count). The summed E-state index contributed by atoms with van der Waals surface area (Å²) in [6.45, 7) is 0.610. The zero-order valence-corrected chi connectivity index (χ0v) is 12.2. The number of nitrogens with zero attached hydrogens (tertiary/aromatic N) is 1. The molecule has 5 nitrogen and oxygen atoms in total. The minimum Gasteiger partial charge on any atom is -0.398 e. The Bertz CT molecular complexity index is 519. The average Bonchev–Trinajstić information content (AvgIpc) is 2.89. The molecule has 0 aromatic heterocycles. The summed E-state index contributed by atoms with van der Waals surface area (Å²) in [4.78, 5) is 25.8. The van der Waals surface area contributed by atoms with Crippen molar-refractivity contribution in [3.8, 4) is 0 Å². The number of benzene rings is 1. The summed E-state index contributed by atoms with van der Waals surface area (Å²) in [6.07, 6.45) is 1.56. The average molecular weight is 326 g/mol. The number of rotatable bonds is 2. The molecule has 2 amide bonds. The lowest BCUT2D eigenvalue weighted by atomic mass is 10.1. The summed E-state index contributed by atoms with van der Waals surface area (Å²) in [5, 5.41) is 2.60. The van der Waals surface area contributed by atoms with E-state index in [2.05, 4.69) is 21.2 Å². The van der Waals surface area contributed by atoms with E-state index in [1.807, 2.05) is 0 Å². The quantitative estimate of drug-likeness (QED) is 0.807. The summed E-state index contributed by atoms with van der Waals surface area (Å²) < 4.78 is 0.689. The van der Waals surface area contributed by atoms with E-state index in [0.717, 1.165) is 6.42 Å². The van der Waals surface area contributed by atoms with Crippen molar-refractivity contribution in [3.63, 3.8) is 0 Å². The van der Waals surface area contributed by atoms with Gasteiger partial charge in [-0.1, -0.05) is 0 Å². The van der Waals surface area contributed by atoms with Crippen LogP contribution in [0.3, 0.4) is 0 Å². The maximum Gasteiger partial charge on any atom is 0.254 e. The Morgan fingerprint density at radius 2 is 2.21 bits per heavy atom. The third kappa shape index (κ3) is 2.73. The summed E-state index contributed by atoms with van der Waals surface area (Å²) >= 11 is 3.31. The molecule has 0 saturated carbocycles. The van der Waals surface area contributed by atoms with Crippen molar-refractivity contribution >= 4 is 33.4 Å². The summed E-state index contributed by atoms with van der Waals surface area (Å²) in [5.74, 6) is -0.243. The van der Waals surface area contributed by atoms with Crippen LogP contribution in [0.1, 0.15) is 23.2 Å². The van der Waals surface area contributed by atoms with Crippen LogP contribution in [-0.4, -0.2) is 36.3 Å². The molecule has 0 aliphatic carbocycles. The minimum absolute atomic E-state index is 0.111. The SMILES string of the molecule is CNC(=O)C1CCCN1C(=O)c1ccc(N)c(Br)c1. The van der Waals surface area contributed by atoms with Gasteiger partial charge in [-0.3, -0.25) is 9.59 Å². The van der Waals surface area contributed by atoms with E-state index >= 15 is 0 Å². The molecule has 102 valence electrons. The molecular weight excluding hydrogens is 310 g/mol. The van der Waals surface area contributed by atoms with Crippen molar-refractivity contribution < 1.29 is 9.59 Å². The molecule has 0 bridgehead atoms. The van der Waals surface area contributed by atoms with E-state index in [0.29, 0.717) is 28.7 Å². The number of likely N-dealkylation sites (N-methyl/N-ethyl adjacent to an activating group) is 1. The lowest BCUT2D eigenvalue weighted by molar-refractivity contribution is -0.124. The van der Waals surface area contributed by atoms with Gasteiger partial charge in [-0.25, -0.2) is 0 Å². The first kappa shape index (κ1) is 13.9. The number of hydrogen-bond donors (Lipinski definition) is 2. The van der Waals surface area contributed by atoms with Crippen LogP contribution < -0.4 is 11.1 Å². The van der Waals surface area contributed by atoms with Crippen LogP contribution in [0.4, 0.5) is 5.69 Å². The number of likely N-dealkylation sites (tertiary alicyclic amines) is 1. The first-order valence-electron chi connectivity index (χ1n) is 6.12. The monoisotopic (exact) mass is 325 g/mol. The number of nitrogens with one attached hydrogen (secondary N) is 1. The molecule has 3 N–H and O–H groups in total. The second kappa shape index (κ2) is 5.61. The number of carbonyl (C=O) groups excluding carboxylic acids is 2. The molecule has 1 unspecified atom stereocenters. The standard InChI is InChI=1S/C13H16BrN3O2/c1-16-12(18)11-3-2-6-17(11)13(19)8-4-5-10(15)9(14)7-8/h4-5,7,11H,2-3,6,15H2,1H3,(H,16,18). The largest absolute Gasteiger partial charge is 0.398 e. The van der Waals surface area contributed by atoms with Gasteiger partial charge < -0.3 is 16.0 Å². The van der Waals surface area contributed by atoms with Gasteiger partial charge in [0.25, 0.3) is 5.91 Å².